The molecule has 2 amide bonds. The van der Waals surface area contributed by atoms with Crippen LogP contribution in [0.25, 0.3) is 0 Å². The van der Waals surface area contributed by atoms with Crippen LogP contribution in [-0.4, -0.2) is 49.1 Å². The highest BCUT2D eigenvalue weighted by atomic mass is 19.4. The summed E-state index contributed by atoms with van der Waals surface area (Å²) in [6, 6.07) is 4.36. The largest absolute Gasteiger partial charge is 0.418 e. The van der Waals surface area contributed by atoms with Crippen molar-refractivity contribution >= 4 is 17.5 Å². The lowest BCUT2D eigenvalue weighted by atomic mass is 10.1. The van der Waals surface area contributed by atoms with Crippen molar-refractivity contribution in [3.05, 3.63) is 29.8 Å². The Morgan fingerprint density at radius 2 is 1.58 bits per heavy atom. The van der Waals surface area contributed by atoms with Gasteiger partial charge in [-0.3, -0.25) is 14.5 Å². The lowest BCUT2D eigenvalue weighted by Gasteiger charge is -2.20. The lowest BCUT2D eigenvalue weighted by Crippen LogP contribution is -2.43. The minimum absolute atomic E-state index is 0.133. The van der Waals surface area contributed by atoms with Crippen molar-refractivity contribution in [2.45, 2.75) is 19.3 Å². The number of para-hydroxylation sites is 1. The first-order valence-electron chi connectivity index (χ1n) is 7.44. The summed E-state index contributed by atoms with van der Waals surface area (Å²) in [5, 5.41) is 3.75. The number of likely N-dealkylation sites (N-methyl/N-ethyl adjacent to an activating group) is 1. The Labute approximate surface area is 145 Å². The molecule has 1 rings (SSSR count). The summed E-state index contributed by atoms with van der Waals surface area (Å²) in [5.74, 6) is -1.78. The Hall–Kier alpha value is -2.30. The van der Waals surface area contributed by atoms with Crippen LogP contribution in [0.15, 0.2) is 24.3 Å². The molecule has 1 aromatic rings. The van der Waals surface area contributed by atoms with Gasteiger partial charge in [-0.25, -0.2) is 0 Å². The highest BCUT2D eigenvalue weighted by molar-refractivity contribution is 5.93. The second-order valence-electron chi connectivity index (χ2n) is 5.29. The first-order valence-corrected chi connectivity index (χ1v) is 7.44. The number of benzene rings is 1. The van der Waals surface area contributed by atoms with Crippen LogP contribution in [0, 0.1) is 0 Å². The molecule has 0 saturated carbocycles. The van der Waals surface area contributed by atoms with Gasteiger partial charge in [-0.15, -0.1) is 0 Å². The van der Waals surface area contributed by atoms with Crippen LogP contribution in [0.1, 0.15) is 12.5 Å². The predicted molar refractivity (Wildman–Crippen MR) is 81.3 cm³/mol. The molecule has 11 heteroatoms. The normalized spacial score (nSPS) is 12.2. The third-order valence-electron chi connectivity index (χ3n) is 3.17. The minimum atomic E-state index is -4.66. The number of amides is 2. The van der Waals surface area contributed by atoms with Gasteiger partial charge in [0.25, 0.3) is 0 Å². The van der Waals surface area contributed by atoms with E-state index in [1.807, 2.05) is 0 Å². The highest BCUT2D eigenvalue weighted by Crippen LogP contribution is 2.34. The number of nitrogens with one attached hydrogen (secondary N) is 2. The Morgan fingerprint density at radius 1 is 1.00 bits per heavy atom. The van der Waals surface area contributed by atoms with Gasteiger partial charge < -0.3 is 10.6 Å². The quantitative estimate of drug-likeness (QED) is 0.710. The van der Waals surface area contributed by atoms with E-state index >= 15 is 0 Å². The molecule has 0 atom stereocenters. The van der Waals surface area contributed by atoms with Gasteiger partial charge >= 0.3 is 12.4 Å². The van der Waals surface area contributed by atoms with Crippen molar-refractivity contribution in [1.82, 2.24) is 10.2 Å². The van der Waals surface area contributed by atoms with Crippen molar-refractivity contribution in [3.8, 4) is 0 Å². The Kier molecular flexibility index (Phi) is 7.42. The molecule has 0 aromatic heterocycles. The van der Waals surface area contributed by atoms with Crippen LogP contribution in [-0.2, 0) is 15.8 Å². The van der Waals surface area contributed by atoms with Crippen molar-refractivity contribution in [3.63, 3.8) is 0 Å². The molecular formula is C15H17F6N3O2. The van der Waals surface area contributed by atoms with Crippen LogP contribution in [0.4, 0.5) is 32.0 Å². The molecular weight excluding hydrogens is 368 g/mol. The van der Waals surface area contributed by atoms with Gasteiger partial charge in [0.1, 0.15) is 6.54 Å². The Bertz CT molecular complexity index is 631. The number of anilines is 1. The molecule has 0 bridgehead atoms. The third kappa shape index (κ3) is 7.72. The van der Waals surface area contributed by atoms with E-state index in [4.69, 9.17) is 0 Å². The summed E-state index contributed by atoms with van der Waals surface area (Å²) in [5.41, 5.74) is -1.47. The lowest BCUT2D eigenvalue weighted by molar-refractivity contribution is -0.139. The maximum absolute atomic E-state index is 12.9. The van der Waals surface area contributed by atoms with E-state index in [2.05, 4.69) is 5.32 Å². The van der Waals surface area contributed by atoms with Gasteiger partial charge in [0, 0.05) is 0 Å². The predicted octanol–water partition coefficient (Wildman–Crippen LogP) is 2.64. The second-order valence-corrected chi connectivity index (χ2v) is 5.29. The zero-order chi connectivity index (χ0) is 20.0. The average Bonchev–Trinajstić information content (AvgIpc) is 2.51. The molecule has 1 aromatic carbocycles. The number of carbonyl (C=O) groups excluding carboxylic acids is 2. The Balaban J connectivity index is 2.64. The van der Waals surface area contributed by atoms with E-state index in [1.165, 1.54) is 17.0 Å². The van der Waals surface area contributed by atoms with Gasteiger partial charge in [-0.2, -0.15) is 26.3 Å². The van der Waals surface area contributed by atoms with Gasteiger partial charge in [-0.1, -0.05) is 19.1 Å². The van der Waals surface area contributed by atoms with Crippen LogP contribution in [0.3, 0.4) is 0 Å². The molecule has 0 aliphatic carbocycles. The molecule has 2 N–H and O–H groups in total. The molecule has 0 heterocycles. The van der Waals surface area contributed by atoms with Crippen LogP contribution in [0.2, 0.25) is 0 Å². The number of hydrogen-bond donors (Lipinski definition) is 2. The van der Waals surface area contributed by atoms with Crippen LogP contribution in [0.5, 0.6) is 0 Å². The molecule has 5 nitrogen and oxygen atoms in total. The molecule has 0 saturated heterocycles. The SMILES string of the molecule is CCN(CC(=O)NCC(F)(F)F)CC(=O)Nc1ccccc1C(F)(F)F. The standard InChI is InChI=1S/C15H17F6N3O2/c1-2-24(7-12(25)22-9-14(16,17)18)8-13(26)23-11-6-4-3-5-10(11)15(19,20)21/h3-6H,2,7-9H2,1H3,(H,22,25)(H,23,26). The van der Waals surface area contributed by atoms with Crippen LogP contribution >= 0.6 is 0 Å². The first-order chi connectivity index (χ1) is 11.9. The smallest absolute Gasteiger partial charge is 0.346 e. The molecule has 0 unspecified atom stereocenters. The summed E-state index contributed by atoms with van der Waals surface area (Å²) in [6.45, 7) is -0.778. The number of hydrogen-bond acceptors (Lipinski definition) is 3. The van der Waals surface area contributed by atoms with Crippen molar-refractivity contribution in [1.29, 1.82) is 0 Å². The fourth-order valence-corrected chi connectivity index (χ4v) is 1.97. The summed E-state index contributed by atoms with van der Waals surface area (Å²) >= 11 is 0. The van der Waals surface area contributed by atoms with Gasteiger partial charge in [0.05, 0.1) is 24.3 Å². The minimum Gasteiger partial charge on any atom is -0.346 e. The second kappa shape index (κ2) is 8.88. The highest BCUT2D eigenvalue weighted by Gasteiger charge is 2.33. The monoisotopic (exact) mass is 385 g/mol. The summed E-state index contributed by atoms with van der Waals surface area (Å²) < 4.78 is 74.7. The van der Waals surface area contributed by atoms with Crippen molar-refractivity contribution in [2.75, 3.05) is 31.5 Å². The number of nitrogens with zero attached hydrogens (tertiary/aromatic N) is 1. The van der Waals surface area contributed by atoms with E-state index in [1.54, 1.807) is 12.2 Å². The summed E-state index contributed by atoms with van der Waals surface area (Å²) in [7, 11) is 0. The van der Waals surface area contributed by atoms with Crippen molar-refractivity contribution in [2.24, 2.45) is 0 Å². The van der Waals surface area contributed by atoms with Gasteiger partial charge in [-0.05, 0) is 18.7 Å². The van der Waals surface area contributed by atoms with Crippen molar-refractivity contribution < 1.29 is 35.9 Å². The van der Waals surface area contributed by atoms with E-state index < -0.39 is 55.1 Å². The molecule has 0 radical (unpaired) electrons. The van der Waals surface area contributed by atoms with Crippen LogP contribution < -0.4 is 10.6 Å². The molecule has 0 fully saturated rings. The molecule has 26 heavy (non-hydrogen) atoms. The average molecular weight is 385 g/mol. The number of carbonyl (C=O) groups is 2. The third-order valence-corrected chi connectivity index (χ3v) is 3.17. The van der Waals surface area contributed by atoms with Gasteiger partial charge in [0.15, 0.2) is 0 Å². The fourth-order valence-electron chi connectivity index (χ4n) is 1.97. The van der Waals surface area contributed by atoms with E-state index in [9.17, 15) is 35.9 Å². The van der Waals surface area contributed by atoms with E-state index in [-0.39, 0.29) is 6.54 Å². The first kappa shape index (κ1) is 21.7. The number of alkyl halides is 6. The molecule has 0 aliphatic heterocycles. The van der Waals surface area contributed by atoms with Gasteiger partial charge in [0.2, 0.25) is 11.8 Å². The molecule has 0 aliphatic rings. The maximum Gasteiger partial charge on any atom is 0.418 e. The summed E-state index contributed by atoms with van der Waals surface area (Å²) in [6.07, 6.45) is -9.23. The van der Waals surface area contributed by atoms with E-state index in [0.717, 1.165) is 12.1 Å². The zero-order valence-corrected chi connectivity index (χ0v) is 13.7. The molecule has 0 spiro atoms. The number of rotatable bonds is 7. The maximum atomic E-state index is 12.9. The van der Waals surface area contributed by atoms with E-state index in [0.29, 0.717) is 0 Å². The fraction of sp³-hybridized carbons (Fsp3) is 0.467. The Morgan fingerprint density at radius 3 is 2.12 bits per heavy atom. The number of halogens is 6. The topological polar surface area (TPSA) is 61.4 Å². The summed E-state index contributed by atoms with van der Waals surface area (Å²) in [4.78, 5) is 24.6. The zero-order valence-electron chi connectivity index (χ0n) is 13.7. The molecule has 146 valence electrons.